The molecule has 0 aliphatic heterocycles. The van der Waals surface area contributed by atoms with Gasteiger partial charge in [0.25, 0.3) is 0 Å². The van der Waals surface area contributed by atoms with Gasteiger partial charge >= 0.3 is 0 Å². The van der Waals surface area contributed by atoms with Crippen LogP contribution in [0.15, 0.2) is 51.4 Å². The van der Waals surface area contributed by atoms with Crippen LogP contribution in [0.3, 0.4) is 0 Å². The fourth-order valence-electron chi connectivity index (χ4n) is 1.23. The summed E-state index contributed by atoms with van der Waals surface area (Å²) in [6.07, 6.45) is 0. The SMILES string of the molecule is Brc1ccc(-c2[c]ccc(Br)c2)cc1. The number of rotatable bonds is 1. The zero-order chi connectivity index (χ0) is 9.97. The molecular weight excluding hydrogens is 304 g/mol. The van der Waals surface area contributed by atoms with Crippen LogP contribution in [-0.2, 0) is 0 Å². The Balaban J connectivity index is 2.44. The van der Waals surface area contributed by atoms with Crippen molar-refractivity contribution in [3.63, 3.8) is 0 Å². The number of hydrogen-bond donors (Lipinski definition) is 0. The lowest BCUT2D eigenvalue weighted by Gasteiger charge is -2.01. The highest BCUT2D eigenvalue weighted by molar-refractivity contribution is 9.10. The third-order valence-electron chi connectivity index (χ3n) is 1.92. The first-order chi connectivity index (χ1) is 6.75. The lowest BCUT2D eigenvalue weighted by atomic mass is 10.1. The highest BCUT2D eigenvalue weighted by atomic mass is 79.9. The van der Waals surface area contributed by atoms with Gasteiger partial charge in [0.15, 0.2) is 0 Å². The van der Waals surface area contributed by atoms with E-state index < -0.39 is 0 Å². The maximum Gasteiger partial charge on any atom is 0.0181 e. The summed E-state index contributed by atoms with van der Waals surface area (Å²) in [5.74, 6) is 0. The van der Waals surface area contributed by atoms with Gasteiger partial charge in [-0.15, -0.1) is 0 Å². The first kappa shape index (κ1) is 9.94. The minimum atomic E-state index is 1.08. The topological polar surface area (TPSA) is 0 Å². The maximum atomic E-state index is 3.44. The zero-order valence-electron chi connectivity index (χ0n) is 7.30. The highest BCUT2D eigenvalue weighted by Crippen LogP contribution is 2.23. The van der Waals surface area contributed by atoms with Gasteiger partial charge in [-0.25, -0.2) is 0 Å². The molecule has 0 saturated heterocycles. The first-order valence-corrected chi connectivity index (χ1v) is 5.77. The average molecular weight is 311 g/mol. The third-order valence-corrected chi connectivity index (χ3v) is 2.94. The van der Waals surface area contributed by atoms with Gasteiger partial charge in [0, 0.05) is 8.95 Å². The Kier molecular flexibility index (Phi) is 3.04. The average Bonchev–Trinajstić information content (AvgIpc) is 2.19. The van der Waals surface area contributed by atoms with Crippen molar-refractivity contribution in [2.75, 3.05) is 0 Å². The summed E-state index contributed by atoms with van der Waals surface area (Å²) >= 11 is 6.86. The Labute approximate surface area is 100 Å². The van der Waals surface area contributed by atoms with Crippen LogP contribution in [-0.4, -0.2) is 0 Å². The molecule has 0 fully saturated rings. The van der Waals surface area contributed by atoms with Gasteiger partial charge in [0.2, 0.25) is 0 Å². The van der Waals surface area contributed by atoms with Crippen LogP contribution in [0.4, 0.5) is 0 Å². The molecule has 0 heterocycles. The molecule has 2 aromatic carbocycles. The first-order valence-electron chi connectivity index (χ1n) is 4.19. The smallest absolute Gasteiger partial charge is 0.0181 e. The Hall–Kier alpha value is -0.600. The molecule has 0 N–H and O–H groups in total. The molecule has 0 saturated carbocycles. The summed E-state index contributed by atoms with van der Waals surface area (Å²) in [7, 11) is 0. The molecule has 69 valence electrons. The van der Waals surface area contributed by atoms with E-state index in [1.54, 1.807) is 0 Å². The summed E-state index contributed by atoms with van der Waals surface area (Å²) in [5, 5.41) is 0. The van der Waals surface area contributed by atoms with E-state index in [2.05, 4.69) is 56.1 Å². The molecular formula is C12H7Br2. The molecule has 0 bridgehead atoms. The molecule has 0 spiro atoms. The molecule has 2 rings (SSSR count). The van der Waals surface area contributed by atoms with Crippen LogP contribution >= 0.6 is 31.9 Å². The van der Waals surface area contributed by atoms with Crippen molar-refractivity contribution in [2.45, 2.75) is 0 Å². The van der Waals surface area contributed by atoms with E-state index in [1.165, 1.54) is 5.56 Å². The highest BCUT2D eigenvalue weighted by Gasteiger charge is 1.97. The van der Waals surface area contributed by atoms with Gasteiger partial charge < -0.3 is 0 Å². The van der Waals surface area contributed by atoms with Gasteiger partial charge in [-0.05, 0) is 41.5 Å². The minimum Gasteiger partial charge on any atom is -0.0532 e. The van der Waals surface area contributed by atoms with Crippen molar-refractivity contribution in [3.8, 4) is 11.1 Å². The van der Waals surface area contributed by atoms with Gasteiger partial charge in [0.05, 0.1) is 0 Å². The summed E-state index contributed by atoms with van der Waals surface area (Å²) in [6, 6.07) is 17.4. The predicted octanol–water partition coefficient (Wildman–Crippen LogP) is 4.68. The molecule has 0 nitrogen and oxygen atoms in total. The van der Waals surface area contributed by atoms with Crippen LogP contribution < -0.4 is 0 Å². The van der Waals surface area contributed by atoms with Crippen molar-refractivity contribution < 1.29 is 0 Å². The molecule has 1 radical (unpaired) electrons. The number of benzene rings is 2. The second kappa shape index (κ2) is 4.28. The molecule has 2 aromatic rings. The second-order valence-corrected chi connectivity index (χ2v) is 4.76. The van der Waals surface area contributed by atoms with Crippen LogP contribution in [0.25, 0.3) is 11.1 Å². The summed E-state index contributed by atoms with van der Waals surface area (Å²) in [4.78, 5) is 0. The largest absolute Gasteiger partial charge is 0.0532 e. The molecule has 0 aliphatic carbocycles. The van der Waals surface area contributed by atoms with Gasteiger partial charge in [-0.3, -0.25) is 0 Å². The molecule has 0 atom stereocenters. The van der Waals surface area contributed by atoms with E-state index in [0.717, 1.165) is 14.5 Å². The summed E-state index contributed by atoms with van der Waals surface area (Å²) in [6.45, 7) is 0. The second-order valence-electron chi connectivity index (χ2n) is 2.93. The van der Waals surface area contributed by atoms with Crippen LogP contribution in [0.1, 0.15) is 0 Å². The van der Waals surface area contributed by atoms with E-state index in [4.69, 9.17) is 0 Å². The van der Waals surface area contributed by atoms with E-state index in [-0.39, 0.29) is 0 Å². The van der Waals surface area contributed by atoms with E-state index in [1.807, 2.05) is 24.3 Å². The van der Waals surface area contributed by atoms with Crippen molar-refractivity contribution in [1.82, 2.24) is 0 Å². The monoisotopic (exact) mass is 309 g/mol. The van der Waals surface area contributed by atoms with Crippen molar-refractivity contribution in [2.24, 2.45) is 0 Å². The van der Waals surface area contributed by atoms with E-state index in [9.17, 15) is 0 Å². The quantitative estimate of drug-likeness (QED) is 0.717. The maximum absolute atomic E-state index is 3.44. The van der Waals surface area contributed by atoms with Crippen molar-refractivity contribution >= 4 is 31.9 Å². The Morgan fingerprint density at radius 3 is 2.21 bits per heavy atom. The Bertz CT molecular complexity index is 432. The predicted molar refractivity (Wildman–Crippen MR) is 66.1 cm³/mol. The molecule has 0 unspecified atom stereocenters. The Morgan fingerprint density at radius 2 is 1.57 bits per heavy atom. The standard InChI is InChI=1S/C12H7Br2/c13-11-6-4-9(5-7-11)10-2-1-3-12(14)8-10/h1,3-8H. The lowest BCUT2D eigenvalue weighted by molar-refractivity contribution is 1.57. The van der Waals surface area contributed by atoms with Crippen molar-refractivity contribution in [3.05, 3.63) is 57.5 Å². The molecule has 2 heteroatoms. The van der Waals surface area contributed by atoms with Crippen LogP contribution in [0.5, 0.6) is 0 Å². The molecule has 14 heavy (non-hydrogen) atoms. The minimum absolute atomic E-state index is 1.08. The lowest BCUT2D eigenvalue weighted by Crippen LogP contribution is -1.77. The molecule has 0 aliphatic rings. The normalized spacial score (nSPS) is 10.1. The number of halogens is 2. The molecule has 0 aromatic heterocycles. The molecule has 0 amide bonds. The van der Waals surface area contributed by atoms with E-state index in [0.29, 0.717) is 0 Å². The summed E-state index contributed by atoms with van der Waals surface area (Å²) < 4.78 is 2.17. The summed E-state index contributed by atoms with van der Waals surface area (Å²) in [5.41, 5.74) is 2.28. The van der Waals surface area contributed by atoms with Gasteiger partial charge in [0.1, 0.15) is 0 Å². The fraction of sp³-hybridized carbons (Fsp3) is 0. The van der Waals surface area contributed by atoms with Gasteiger partial charge in [-0.1, -0.05) is 50.1 Å². The Morgan fingerprint density at radius 1 is 0.857 bits per heavy atom. The van der Waals surface area contributed by atoms with Gasteiger partial charge in [-0.2, -0.15) is 0 Å². The number of hydrogen-bond acceptors (Lipinski definition) is 0. The van der Waals surface area contributed by atoms with Crippen LogP contribution in [0.2, 0.25) is 0 Å². The van der Waals surface area contributed by atoms with Crippen LogP contribution in [0, 0.1) is 6.07 Å². The van der Waals surface area contributed by atoms with Crippen molar-refractivity contribution in [1.29, 1.82) is 0 Å². The zero-order valence-corrected chi connectivity index (χ0v) is 10.5. The van der Waals surface area contributed by atoms with E-state index >= 15 is 0 Å². The third kappa shape index (κ3) is 2.25. The fourth-order valence-corrected chi connectivity index (χ4v) is 1.86.